The molecule has 8 nitrogen and oxygen atoms in total. The lowest BCUT2D eigenvalue weighted by Gasteiger charge is -2.19. The van der Waals surface area contributed by atoms with Crippen molar-refractivity contribution in [3.8, 4) is 11.5 Å². The Morgan fingerprint density at radius 2 is 1.70 bits per heavy atom. The number of amides is 2. The fourth-order valence-electron chi connectivity index (χ4n) is 3.56. The summed E-state index contributed by atoms with van der Waals surface area (Å²) in [6.07, 6.45) is 0.230. The van der Waals surface area contributed by atoms with E-state index in [-0.39, 0.29) is 18.2 Å². The molecule has 0 saturated carbocycles. The van der Waals surface area contributed by atoms with E-state index in [9.17, 15) is 9.59 Å². The van der Waals surface area contributed by atoms with Crippen LogP contribution in [0.5, 0.6) is 11.5 Å². The van der Waals surface area contributed by atoms with Crippen LogP contribution in [-0.4, -0.2) is 48.2 Å². The minimum Gasteiger partial charge on any atom is -0.492 e. The number of thioether (sulfide) groups is 1. The molecule has 0 saturated heterocycles. The summed E-state index contributed by atoms with van der Waals surface area (Å²) < 4.78 is 11.5. The molecule has 4 rings (SSSR count). The molecular weight excluding hydrogens is 440 g/mol. The van der Waals surface area contributed by atoms with E-state index >= 15 is 0 Å². The van der Waals surface area contributed by atoms with Gasteiger partial charge in [0.05, 0.1) is 37.6 Å². The summed E-state index contributed by atoms with van der Waals surface area (Å²) in [6.45, 7) is 6.07. The van der Waals surface area contributed by atoms with E-state index in [0.29, 0.717) is 41.7 Å². The van der Waals surface area contributed by atoms with Gasteiger partial charge in [-0.15, -0.1) is 0 Å². The van der Waals surface area contributed by atoms with Gasteiger partial charge < -0.3 is 25.0 Å². The normalized spacial score (nSPS) is 14.3. The van der Waals surface area contributed by atoms with Crippen molar-refractivity contribution in [1.29, 1.82) is 0 Å². The number of carbonyl (C=O) groups is 2. The molecule has 33 heavy (non-hydrogen) atoms. The number of nitrogens with zero attached hydrogens (tertiary/aromatic N) is 2. The molecule has 0 radical (unpaired) electrons. The van der Waals surface area contributed by atoms with Crippen molar-refractivity contribution in [3.05, 3.63) is 59.1 Å². The predicted octanol–water partition coefficient (Wildman–Crippen LogP) is 4.32. The molecule has 0 atom stereocenters. The number of hydrogen-bond acceptors (Lipinski definition) is 7. The fourth-order valence-corrected chi connectivity index (χ4v) is 4.52. The van der Waals surface area contributed by atoms with E-state index < -0.39 is 0 Å². The molecule has 0 fully saturated rings. The van der Waals surface area contributed by atoms with Gasteiger partial charge in [-0.25, -0.2) is 0 Å². The van der Waals surface area contributed by atoms with Crippen LogP contribution < -0.4 is 20.1 Å². The lowest BCUT2D eigenvalue weighted by molar-refractivity contribution is -0.115. The number of benzene rings is 2. The third-order valence-corrected chi connectivity index (χ3v) is 5.98. The molecule has 0 bridgehead atoms. The average Bonchev–Trinajstić information content (AvgIpc) is 3.42. The smallest absolute Gasteiger partial charge is 0.255 e. The molecular formula is C24H26N4O4S. The summed E-state index contributed by atoms with van der Waals surface area (Å²) in [6, 6.07) is 12.3. The maximum atomic E-state index is 12.8. The van der Waals surface area contributed by atoms with Gasteiger partial charge in [-0.05, 0) is 31.4 Å². The first-order valence-corrected chi connectivity index (χ1v) is 11.7. The Morgan fingerprint density at radius 3 is 2.36 bits per heavy atom. The van der Waals surface area contributed by atoms with Gasteiger partial charge in [-0.1, -0.05) is 30.0 Å². The Kier molecular flexibility index (Phi) is 7.19. The second-order valence-electron chi connectivity index (χ2n) is 7.30. The number of amidine groups is 1. The van der Waals surface area contributed by atoms with Crippen molar-refractivity contribution in [1.82, 2.24) is 4.90 Å². The van der Waals surface area contributed by atoms with E-state index in [1.54, 1.807) is 48.2 Å². The number of rotatable bonds is 9. The van der Waals surface area contributed by atoms with E-state index in [1.165, 1.54) is 0 Å². The second kappa shape index (κ2) is 10.4. The number of anilines is 2. The monoisotopic (exact) mass is 466 g/mol. The van der Waals surface area contributed by atoms with Gasteiger partial charge in [-0.2, -0.15) is 0 Å². The van der Waals surface area contributed by atoms with Crippen molar-refractivity contribution in [2.24, 2.45) is 4.99 Å². The zero-order valence-corrected chi connectivity index (χ0v) is 19.4. The highest BCUT2D eigenvalue weighted by Crippen LogP contribution is 2.38. The molecule has 2 aliphatic heterocycles. The summed E-state index contributed by atoms with van der Waals surface area (Å²) in [5, 5.41) is 8.74. The van der Waals surface area contributed by atoms with Crippen LogP contribution >= 0.6 is 11.8 Å². The average molecular weight is 467 g/mol. The Hall–Kier alpha value is -3.46. The van der Waals surface area contributed by atoms with Crippen LogP contribution in [0.15, 0.2) is 58.6 Å². The highest BCUT2D eigenvalue weighted by molar-refractivity contribution is 8.16. The molecule has 0 spiro atoms. The van der Waals surface area contributed by atoms with Crippen LogP contribution in [0.3, 0.4) is 0 Å². The van der Waals surface area contributed by atoms with Gasteiger partial charge in [0.25, 0.3) is 5.91 Å². The van der Waals surface area contributed by atoms with E-state index in [4.69, 9.17) is 9.47 Å². The Bertz CT molecular complexity index is 1100. The van der Waals surface area contributed by atoms with Gasteiger partial charge in [0.15, 0.2) is 5.17 Å². The SMILES string of the molecule is CCOc1cc(NC(=O)c2ccccc2)c(OCC)cc1NC(=O)CC1=CSC2=NCCN12. The lowest BCUT2D eigenvalue weighted by atomic mass is 10.2. The molecule has 0 aromatic heterocycles. The molecule has 2 amide bonds. The van der Waals surface area contributed by atoms with Crippen LogP contribution in [0.4, 0.5) is 11.4 Å². The third kappa shape index (κ3) is 5.31. The summed E-state index contributed by atoms with van der Waals surface area (Å²) in [4.78, 5) is 32.0. The number of hydrogen-bond donors (Lipinski definition) is 2. The largest absolute Gasteiger partial charge is 0.492 e. The number of aliphatic imine (C=N–C) groups is 1. The zero-order chi connectivity index (χ0) is 23.2. The first-order chi connectivity index (χ1) is 16.1. The number of carbonyl (C=O) groups excluding carboxylic acids is 2. The highest BCUT2D eigenvalue weighted by Gasteiger charge is 2.27. The van der Waals surface area contributed by atoms with Gasteiger partial charge in [0.1, 0.15) is 11.5 Å². The second-order valence-corrected chi connectivity index (χ2v) is 8.14. The quantitative estimate of drug-likeness (QED) is 0.572. The van der Waals surface area contributed by atoms with E-state index in [2.05, 4.69) is 20.5 Å². The molecule has 2 heterocycles. The maximum Gasteiger partial charge on any atom is 0.255 e. The van der Waals surface area contributed by atoms with Crippen LogP contribution in [0, 0.1) is 0 Å². The Balaban J connectivity index is 1.54. The standard InChI is InChI=1S/C24H26N4O4S/c1-3-31-20-14-19(27-23(30)16-8-6-5-7-9-16)21(32-4-2)13-18(20)26-22(29)12-17-15-33-24-25-10-11-28(17)24/h5-9,13-15H,3-4,10-12H2,1-2H3,(H,26,29)(H,27,30). The van der Waals surface area contributed by atoms with Crippen molar-refractivity contribution < 1.29 is 19.1 Å². The first-order valence-electron chi connectivity index (χ1n) is 10.9. The first kappa shape index (κ1) is 22.7. The van der Waals surface area contributed by atoms with Crippen LogP contribution in [0.1, 0.15) is 30.6 Å². The van der Waals surface area contributed by atoms with Crippen molar-refractivity contribution >= 4 is 40.1 Å². The summed E-state index contributed by atoms with van der Waals surface area (Å²) in [7, 11) is 0. The molecule has 2 aromatic rings. The van der Waals surface area contributed by atoms with E-state index in [0.717, 1.165) is 24.0 Å². The van der Waals surface area contributed by atoms with E-state index in [1.807, 2.05) is 25.3 Å². The number of fused-ring (bicyclic) bond motifs is 1. The molecule has 172 valence electrons. The number of ether oxygens (including phenoxy) is 2. The maximum absolute atomic E-state index is 12.8. The van der Waals surface area contributed by atoms with Crippen molar-refractivity contribution in [2.45, 2.75) is 20.3 Å². The highest BCUT2D eigenvalue weighted by atomic mass is 32.2. The zero-order valence-electron chi connectivity index (χ0n) is 18.6. The predicted molar refractivity (Wildman–Crippen MR) is 131 cm³/mol. The van der Waals surface area contributed by atoms with Crippen LogP contribution in [0.25, 0.3) is 0 Å². The summed E-state index contributed by atoms with van der Waals surface area (Å²) >= 11 is 1.54. The summed E-state index contributed by atoms with van der Waals surface area (Å²) in [5.41, 5.74) is 2.43. The van der Waals surface area contributed by atoms with Gasteiger partial charge >= 0.3 is 0 Å². The topological polar surface area (TPSA) is 92.3 Å². The van der Waals surface area contributed by atoms with Gasteiger partial charge in [0, 0.05) is 29.9 Å². The summed E-state index contributed by atoms with van der Waals surface area (Å²) in [5.74, 6) is 0.477. The van der Waals surface area contributed by atoms with Crippen LogP contribution in [0.2, 0.25) is 0 Å². The molecule has 0 unspecified atom stereocenters. The Labute approximate surface area is 197 Å². The van der Waals surface area contributed by atoms with Crippen LogP contribution in [-0.2, 0) is 4.79 Å². The molecule has 9 heteroatoms. The Morgan fingerprint density at radius 1 is 1.03 bits per heavy atom. The van der Waals surface area contributed by atoms with Crippen molar-refractivity contribution in [2.75, 3.05) is 36.9 Å². The van der Waals surface area contributed by atoms with Gasteiger partial charge in [0.2, 0.25) is 5.91 Å². The molecule has 2 aromatic carbocycles. The van der Waals surface area contributed by atoms with Gasteiger partial charge in [-0.3, -0.25) is 14.6 Å². The number of nitrogens with one attached hydrogen (secondary N) is 2. The van der Waals surface area contributed by atoms with Crippen molar-refractivity contribution in [3.63, 3.8) is 0 Å². The molecule has 2 N–H and O–H groups in total. The molecule has 2 aliphatic rings. The minimum atomic E-state index is -0.260. The molecule has 0 aliphatic carbocycles. The minimum absolute atomic E-state index is 0.167. The third-order valence-electron chi connectivity index (χ3n) is 5.03. The fraction of sp³-hybridized carbons (Fsp3) is 0.292. The lowest BCUT2D eigenvalue weighted by Crippen LogP contribution is -2.24.